The summed E-state index contributed by atoms with van der Waals surface area (Å²) < 4.78 is 6.10. The molecule has 1 heterocycles. The van der Waals surface area contributed by atoms with Crippen molar-refractivity contribution >= 4 is 21.7 Å². The van der Waals surface area contributed by atoms with Gasteiger partial charge in [0.2, 0.25) is 0 Å². The number of hydrogen-bond acceptors (Lipinski definition) is 3. The molecular weight excluding hydrogens is 378 g/mol. The second-order valence-corrected chi connectivity index (χ2v) is 7.33. The molecule has 0 aromatic heterocycles. The number of hydrogen-bond donors (Lipinski definition) is 0. The number of halogens is 1. The molecule has 0 N–H and O–H groups in total. The van der Waals surface area contributed by atoms with Crippen LogP contribution in [0.15, 0.2) is 53.0 Å². The van der Waals surface area contributed by atoms with E-state index in [1.165, 1.54) is 12.8 Å². The summed E-state index contributed by atoms with van der Waals surface area (Å²) >= 11 is 3.50. The van der Waals surface area contributed by atoms with Crippen LogP contribution in [0.2, 0.25) is 0 Å². The Hall–Kier alpha value is -1.65. The summed E-state index contributed by atoms with van der Waals surface area (Å²) in [5.41, 5.74) is 1.78. The molecule has 1 unspecified atom stereocenters. The van der Waals surface area contributed by atoms with Crippen molar-refractivity contribution in [2.75, 3.05) is 20.2 Å². The topological polar surface area (TPSA) is 29.5 Å². The van der Waals surface area contributed by atoms with E-state index in [4.69, 9.17) is 4.74 Å². The van der Waals surface area contributed by atoms with Gasteiger partial charge in [0.25, 0.3) is 0 Å². The van der Waals surface area contributed by atoms with Crippen molar-refractivity contribution in [1.29, 1.82) is 0 Å². The Balaban J connectivity index is 1.95. The highest BCUT2D eigenvalue weighted by Crippen LogP contribution is 2.31. The van der Waals surface area contributed by atoms with Crippen LogP contribution in [0.1, 0.15) is 47.6 Å². The third-order valence-corrected chi connectivity index (χ3v) is 5.43. The molecule has 0 radical (unpaired) electrons. The van der Waals surface area contributed by atoms with Crippen LogP contribution in [0.5, 0.6) is 5.75 Å². The molecule has 1 aliphatic rings. The fourth-order valence-corrected chi connectivity index (χ4v) is 4.03. The summed E-state index contributed by atoms with van der Waals surface area (Å²) in [5.74, 6) is 0.888. The SMILES string of the molecule is COc1ccc(C(=O)C(c2ccccc2)N2CCCCCC2)cc1Br. The number of nitrogens with zero attached hydrogens (tertiary/aromatic N) is 1. The highest BCUT2D eigenvalue weighted by molar-refractivity contribution is 9.10. The maximum absolute atomic E-state index is 13.4. The van der Waals surface area contributed by atoms with E-state index in [2.05, 4.69) is 33.0 Å². The summed E-state index contributed by atoms with van der Waals surface area (Å²) in [5, 5.41) is 0. The average molecular weight is 402 g/mol. The van der Waals surface area contributed by atoms with Gasteiger partial charge in [0, 0.05) is 5.56 Å². The Kier molecular flexibility index (Phi) is 6.27. The molecule has 0 spiro atoms. The standard InChI is InChI=1S/C21H24BrNO2/c1-25-19-12-11-17(15-18(19)22)21(24)20(16-9-5-4-6-10-16)23-13-7-2-3-8-14-23/h4-6,9-12,15,20H,2-3,7-8,13-14H2,1H3. The molecule has 1 saturated heterocycles. The lowest BCUT2D eigenvalue weighted by Crippen LogP contribution is -2.35. The Morgan fingerprint density at radius 3 is 2.32 bits per heavy atom. The van der Waals surface area contributed by atoms with Gasteiger partial charge in [0.05, 0.1) is 17.6 Å². The summed E-state index contributed by atoms with van der Waals surface area (Å²) in [7, 11) is 1.63. The highest BCUT2D eigenvalue weighted by atomic mass is 79.9. The van der Waals surface area contributed by atoms with E-state index < -0.39 is 0 Å². The van der Waals surface area contributed by atoms with Gasteiger partial charge in [-0.05, 0) is 65.6 Å². The Morgan fingerprint density at radius 2 is 1.72 bits per heavy atom. The van der Waals surface area contributed by atoms with Crippen LogP contribution in [0.4, 0.5) is 0 Å². The number of methoxy groups -OCH3 is 1. The molecule has 0 bridgehead atoms. The third-order valence-electron chi connectivity index (χ3n) is 4.81. The summed E-state index contributed by atoms with van der Waals surface area (Å²) in [4.78, 5) is 15.8. The fourth-order valence-electron chi connectivity index (χ4n) is 3.49. The van der Waals surface area contributed by atoms with Gasteiger partial charge in [-0.15, -0.1) is 0 Å². The van der Waals surface area contributed by atoms with Crippen molar-refractivity contribution in [3.8, 4) is 5.75 Å². The summed E-state index contributed by atoms with van der Waals surface area (Å²) in [6, 6.07) is 15.5. The minimum Gasteiger partial charge on any atom is -0.496 e. The van der Waals surface area contributed by atoms with Crippen molar-refractivity contribution < 1.29 is 9.53 Å². The minimum absolute atomic E-state index is 0.149. The highest BCUT2D eigenvalue weighted by Gasteiger charge is 2.29. The number of Topliss-reactive ketones (excluding diaryl/α,β-unsaturated/α-hetero) is 1. The molecule has 1 atom stereocenters. The molecular formula is C21H24BrNO2. The van der Waals surface area contributed by atoms with E-state index in [9.17, 15) is 4.79 Å². The number of ether oxygens (including phenoxy) is 1. The molecule has 2 aromatic carbocycles. The largest absolute Gasteiger partial charge is 0.496 e. The fraction of sp³-hybridized carbons (Fsp3) is 0.381. The lowest BCUT2D eigenvalue weighted by atomic mass is 9.95. The second-order valence-electron chi connectivity index (χ2n) is 6.48. The van der Waals surface area contributed by atoms with Crippen molar-refractivity contribution in [1.82, 2.24) is 4.90 Å². The lowest BCUT2D eigenvalue weighted by Gasteiger charge is -2.30. The van der Waals surface area contributed by atoms with Crippen LogP contribution in [-0.4, -0.2) is 30.9 Å². The maximum atomic E-state index is 13.4. The summed E-state index contributed by atoms with van der Waals surface area (Å²) in [6.07, 6.45) is 4.81. The van der Waals surface area contributed by atoms with Gasteiger partial charge in [-0.1, -0.05) is 43.2 Å². The van der Waals surface area contributed by atoms with E-state index >= 15 is 0 Å². The molecule has 1 fully saturated rings. The first-order valence-corrected chi connectivity index (χ1v) is 9.67. The molecule has 132 valence electrons. The molecule has 0 amide bonds. The molecule has 4 heteroatoms. The van der Waals surface area contributed by atoms with E-state index in [0.29, 0.717) is 5.56 Å². The average Bonchev–Trinajstić information content (AvgIpc) is 2.92. The van der Waals surface area contributed by atoms with E-state index in [1.54, 1.807) is 7.11 Å². The predicted molar refractivity (Wildman–Crippen MR) is 104 cm³/mol. The van der Waals surface area contributed by atoms with Crippen molar-refractivity contribution in [3.05, 3.63) is 64.1 Å². The Labute approximate surface area is 158 Å². The van der Waals surface area contributed by atoms with Gasteiger partial charge >= 0.3 is 0 Å². The minimum atomic E-state index is -0.223. The smallest absolute Gasteiger partial charge is 0.184 e. The number of rotatable bonds is 5. The molecule has 3 nitrogen and oxygen atoms in total. The third kappa shape index (κ3) is 4.31. The molecule has 0 saturated carbocycles. The van der Waals surface area contributed by atoms with Gasteiger partial charge in [-0.2, -0.15) is 0 Å². The molecule has 25 heavy (non-hydrogen) atoms. The Morgan fingerprint density at radius 1 is 1.04 bits per heavy atom. The van der Waals surface area contributed by atoms with Crippen LogP contribution in [0.3, 0.4) is 0 Å². The predicted octanol–water partition coefficient (Wildman–Crippen LogP) is 5.26. The normalized spacial score (nSPS) is 16.9. The first-order valence-electron chi connectivity index (χ1n) is 8.87. The van der Waals surface area contributed by atoms with Gasteiger partial charge in [-0.3, -0.25) is 9.69 Å². The first kappa shape index (κ1) is 18.2. The Bertz CT molecular complexity index is 709. The first-order chi connectivity index (χ1) is 12.2. The van der Waals surface area contributed by atoms with E-state index in [0.717, 1.165) is 41.7 Å². The zero-order chi connectivity index (χ0) is 17.6. The zero-order valence-corrected chi connectivity index (χ0v) is 16.2. The number of benzene rings is 2. The van der Waals surface area contributed by atoms with Crippen LogP contribution < -0.4 is 4.74 Å². The lowest BCUT2D eigenvalue weighted by molar-refractivity contribution is 0.0821. The van der Waals surface area contributed by atoms with Gasteiger partial charge in [0.1, 0.15) is 5.75 Å². The molecule has 1 aliphatic heterocycles. The second kappa shape index (κ2) is 8.63. The van der Waals surface area contributed by atoms with Gasteiger partial charge in [-0.25, -0.2) is 0 Å². The van der Waals surface area contributed by atoms with E-state index in [1.807, 2.05) is 36.4 Å². The number of carbonyl (C=O) groups excluding carboxylic acids is 1. The molecule has 0 aliphatic carbocycles. The van der Waals surface area contributed by atoms with Crippen molar-refractivity contribution in [2.45, 2.75) is 31.7 Å². The summed E-state index contributed by atoms with van der Waals surface area (Å²) in [6.45, 7) is 1.95. The van der Waals surface area contributed by atoms with Crippen molar-refractivity contribution in [3.63, 3.8) is 0 Å². The van der Waals surface area contributed by atoms with Crippen LogP contribution in [-0.2, 0) is 0 Å². The van der Waals surface area contributed by atoms with Crippen LogP contribution in [0, 0.1) is 0 Å². The number of likely N-dealkylation sites (tertiary alicyclic amines) is 1. The van der Waals surface area contributed by atoms with Gasteiger partial charge < -0.3 is 4.74 Å². The number of ketones is 1. The number of carbonyl (C=O) groups is 1. The monoisotopic (exact) mass is 401 g/mol. The quantitative estimate of drug-likeness (QED) is 0.640. The van der Waals surface area contributed by atoms with Gasteiger partial charge in [0.15, 0.2) is 5.78 Å². The molecule has 2 aromatic rings. The van der Waals surface area contributed by atoms with Crippen LogP contribution in [0.25, 0.3) is 0 Å². The van der Waals surface area contributed by atoms with E-state index in [-0.39, 0.29) is 11.8 Å². The maximum Gasteiger partial charge on any atom is 0.184 e. The van der Waals surface area contributed by atoms with Crippen molar-refractivity contribution in [2.24, 2.45) is 0 Å². The molecule has 3 rings (SSSR count). The zero-order valence-electron chi connectivity index (χ0n) is 14.6. The van der Waals surface area contributed by atoms with Crippen LogP contribution >= 0.6 is 15.9 Å².